The molecule has 2 heterocycles. The van der Waals surface area contributed by atoms with Gasteiger partial charge in [0.25, 0.3) is 0 Å². The molecule has 0 amide bonds. The van der Waals surface area contributed by atoms with Gasteiger partial charge in [0.1, 0.15) is 0 Å². The molecule has 0 aliphatic carbocycles. The van der Waals surface area contributed by atoms with E-state index in [0.717, 1.165) is 49.9 Å². The molecule has 0 bridgehead atoms. The van der Waals surface area contributed by atoms with Crippen molar-refractivity contribution < 1.29 is 9.47 Å². The third-order valence-electron chi connectivity index (χ3n) is 4.53. The number of fused-ring (bicyclic) bond motifs is 1. The topological polar surface area (TPSA) is 42.0 Å². The standard InChI is InChI=1S/C19H20N2O3/c22-17-5-3-1-2-4-16(17)21-10-8-20(9-11-21)13-15-6-7-18-19(12-15)24-14-23-18/h1-7,12H,8-11,13-14H2. The van der Waals surface area contributed by atoms with Crippen LogP contribution in [0.25, 0.3) is 0 Å². The predicted octanol–water partition coefficient (Wildman–Crippen LogP) is 2.10. The summed E-state index contributed by atoms with van der Waals surface area (Å²) in [5.41, 5.74) is 2.11. The predicted molar refractivity (Wildman–Crippen MR) is 92.8 cm³/mol. The summed E-state index contributed by atoms with van der Waals surface area (Å²) in [5.74, 6) is 1.66. The number of piperazine rings is 1. The first kappa shape index (κ1) is 15.0. The van der Waals surface area contributed by atoms with Crippen LogP contribution in [0.5, 0.6) is 11.5 Å². The van der Waals surface area contributed by atoms with Crippen LogP contribution >= 0.6 is 0 Å². The van der Waals surface area contributed by atoms with E-state index in [2.05, 4.69) is 21.9 Å². The molecule has 1 fully saturated rings. The van der Waals surface area contributed by atoms with E-state index in [-0.39, 0.29) is 5.43 Å². The third kappa shape index (κ3) is 3.08. The van der Waals surface area contributed by atoms with Gasteiger partial charge in [0, 0.05) is 32.7 Å². The Bertz CT molecular complexity index is 785. The van der Waals surface area contributed by atoms with Gasteiger partial charge in [-0.25, -0.2) is 0 Å². The molecule has 0 aromatic heterocycles. The van der Waals surface area contributed by atoms with E-state index in [0.29, 0.717) is 6.79 Å². The van der Waals surface area contributed by atoms with Gasteiger partial charge in [-0.15, -0.1) is 0 Å². The summed E-state index contributed by atoms with van der Waals surface area (Å²) >= 11 is 0. The second-order valence-corrected chi connectivity index (χ2v) is 6.11. The Morgan fingerprint density at radius 3 is 2.54 bits per heavy atom. The number of hydrogen-bond acceptors (Lipinski definition) is 5. The highest BCUT2D eigenvalue weighted by Crippen LogP contribution is 2.32. The van der Waals surface area contributed by atoms with E-state index in [1.54, 1.807) is 12.1 Å². The third-order valence-corrected chi connectivity index (χ3v) is 4.53. The summed E-state index contributed by atoms with van der Waals surface area (Å²) in [6.07, 6.45) is 0. The molecular weight excluding hydrogens is 304 g/mol. The molecule has 124 valence electrons. The van der Waals surface area contributed by atoms with Crippen molar-refractivity contribution in [1.82, 2.24) is 4.90 Å². The summed E-state index contributed by atoms with van der Waals surface area (Å²) < 4.78 is 10.8. The van der Waals surface area contributed by atoms with Gasteiger partial charge in [-0.2, -0.15) is 0 Å². The van der Waals surface area contributed by atoms with Crippen molar-refractivity contribution in [3.05, 3.63) is 64.3 Å². The fourth-order valence-electron chi connectivity index (χ4n) is 3.23. The maximum atomic E-state index is 12.1. The van der Waals surface area contributed by atoms with Crippen LogP contribution in [0.4, 0.5) is 5.69 Å². The van der Waals surface area contributed by atoms with Gasteiger partial charge in [-0.3, -0.25) is 9.69 Å². The van der Waals surface area contributed by atoms with Crippen LogP contribution in [0, 0.1) is 0 Å². The van der Waals surface area contributed by atoms with Crippen molar-refractivity contribution in [3.63, 3.8) is 0 Å². The smallest absolute Gasteiger partial charge is 0.231 e. The Kier molecular flexibility index (Phi) is 4.09. The SMILES string of the molecule is O=c1cccccc1N1CCN(Cc2ccc3c(c2)OCO3)CC1. The molecule has 2 aromatic carbocycles. The number of benzene rings is 1. The van der Waals surface area contributed by atoms with Crippen molar-refractivity contribution in [1.29, 1.82) is 0 Å². The molecule has 0 radical (unpaired) electrons. The molecule has 4 rings (SSSR count). The van der Waals surface area contributed by atoms with Crippen LogP contribution in [0.1, 0.15) is 5.56 Å². The van der Waals surface area contributed by atoms with Crippen molar-refractivity contribution in [2.75, 3.05) is 37.9 Å². The summed E-state index contributed by atoms with van der Waals surface area (Å²) in [6, 6.07) is 15.3. The number of nitrogens with zero attached hydrogens (tertiary/aromatic N) is 2. The summed E-state index contributed by atoms with van der Waals surface area (Å²) in [5, 5.41) is 0. The Hall–Kier alpha value is -2.53. The van der Waals surface area contributed by atoms with E-state index in [1.165, 1.54) is 5.56 Å². The lowest BCUT2D eigenvalue weighted by molar-refractivity contribution is 0.174. The lowest BCUT2D eigenvalue weighted by atomic mass is 10.1. The zero-order valence-electron chi connectivity index (χ0n) is 13.5. The molecule has 1 saturated heterocycles. The van der Waals surface area contributed by atoms with Gasteiger partial charge < -0.3 is 14.4 Å². The van der Waals surface area contributed by atoms with E-state index in [9.17, 15) is 4.79 Å². The number of ether oxygens (including phenoxy) is 2. The summed E-state index contributed by atoms with van der Waals surface area (Å²) in [4.78, 5) is 16.7. The van der Waals surface area contributed by atoms with Crippen LogP contribution in [0.3, 0.4) is 0 Å². The summed E-state index contributed by atoms with van der Waals surface area (Å²) in [6.45, 7) is 4.80. The first-order valence-corrected chi connectivity index (χ1v) is 8.25. The lowest BCUT2D eigenvalue weighted by Crippen LogP contribution is -2.47. The Balaban J connectivity index is 1.40. The highest BCUT2D eigenvalue weighted by Gasteiger charge is 2.20. The molecular formula is C19H20N2O3. The second-order valence-electron chi connectivity index (χ2n) is 6.11. The molecule has 2 aliphatic heterocycles. The largest absolute Gasteiger partial charge is 0.454 e. The molecule has 0 saturated carbocycles. The molecule has 2 aromatic rings. The van der Waals surface area contributed by atoms with Gasteiger partial charge in [0.05, 0.1) is 5.69 Å². The fraction of sp³-hybridized carbons (Fsp3) is 0.316. The molecule has 5 heteroatoms. The van der Waals surface area contributed by atoms with E-state index >= 15 is 0 Å². The molecule has 24 heavy (non-hydrogen) atoms. The Morgan fingerprint density at radius 2 is 1.67 bits per heavy atom. The average Bonchev–Trinajstić information content (AvgIpc) is 2.96. The van der Waals surface area contributed by atoms with E-state index in [4.69, 9.17) is 9.47 Å². The summed E-state index contributed by atoms with van der Waals surface area (Å²) in [7, 11) is 0. The maximum Gasteiger partial charge on any atom is 0.231 e. The molecule has 0 unspecified atom stereocenters. The van der Waals surface area contributed by atoms with Gasteiger partial charge in [-0.05, 0) is 29.8 Å². The molecule has 2 aliphatic rings. The highest BCUT2D eigenvalue weighted by molar-refractivity contribution is 5.46. The molecule has 0 spiro atoms. The lowest BCUT2D eigenvalue weighted by Gasteiger charge is -2.35. The maximum absolute atomic E-state index is 12.1. The Morgan fingerprint density at radius 1 is 0.875 bits per heavy atom. The zero-order chi connectivity index (χ0) is 16.4. The molecule has 0 atom stereocenters. The quantitative estimate of drug-likeness (QED) is 0.865. The van der Waals surface area contributed by atoms with Crippen LogP contribution in [-0.2, 0) is 6.54 Å². The fourth-order valence-corrected chi connectivity index (χ4v) is 3.23. The van der Waals surface area contributed by atoms with E-state index < -0.39 is 0 Å². The van der Waals surface area contributed by atoms with Crippen molar-refractivity contribution in [2.24, 2.45) is 0 Å². The number of hydrogen-bond donors (Lipinski definition) is 0. The van der Waals surface area contributed by atoms with E-state index in [1.807, 2.05) is 24.3 Å². The minimum atomic E-state index is 0.0872. The first-order valence-electron chi connectivity index (χ1n) is 8.25. The van der Waals surface area contributed by atoms with Gasteiger partial charge in [0.15, 0.2) is 11.5 Å². The number of rotatable bonds is 3. The van der Waals surface area contributed by atoms with Crippen LogP contribution in [0.15, 0.2) is 53.3 Å². The van der Waals surface area contributed by atoms with Gasteiger partial charge >= 0.3 is 0 Å². The normalized spacial score (nSPS) is 17.1. The van der Waals surface area contributed by atoms with Gasteiger partial charge in [0.2, 0.25) is 12.2 Å². The van der Waals surface area contributed by atoms with Gasteiger partial charge in [-0.1, -0.05) is 24.3 Å². The minimum Gasteiger partial charge on any atom is -0.454 e. The zero-order valence-corrected chi connectivity index (χ0v) is 13.5. The highest BCUT2D eigenvalue weighted by atomic mass is 16.7. The van der Waals surface area contributed by atoms with Crippen LogP contribution < -0.4 is 19.8 Å². The van der Waals surface area contributed by atoms with Crippen LogP contribution in [-0.4, -0.2) is 37.9 Å². The Labute approximate surface area is 141 Å². The van der Waals surface area contributed by atoms with Crippen LogP contribution in [0.2, 0.25) is 0 Å². The molecule has 0 N–H and O–H groups in total. The van der Waals surface area contributed by atoms with Crippen molar-refractivity contribution in [3.8, 4) is 11.5 Å². The van der Waals surface area contributed by atoms with Crippen molar-refractivity contribution in [2.45, 2.75) is 6.54 Å². The average molecular weight is 324 g/mol. The minimum absolute atomic E-state index is 0.0872. The number of anilines is 1. The van der Waals surface area contributed by atoms with Crippen molar-refractivity contribution >= 4 is 5.69 Å². The second kappa shape index (κ2) is 6.53. The first-order chi connectivity index (χ1) is 11.8. The monoisotopic (exact) mass is 324 g/mol. The molecule has 5 nitrogen and oxygen atoms in total.